The molecule has 0 fully saturated rings. The van der Waals surface area contributed by atoms with E-state index in [1.807, 2.05) is 13.8 Å². The number of esters is 1. The molecule has 1 unspecified atom stereocenters. The Morgan fingerprint density at radius 1 is 1.69 bits per heavy atom. The van der Waals surface area contributed by atoms with Gasteiger partial charge in [-0.2, -0.15) is 0 Å². The Morgan fingerprint density at radius 3 is 2.94 bits per heavy atom. The number of anilines is 1. The lowest BCUT2D eigenvalue weighted by molar-refractivity contribution is 0.0595. The number of nitrogens with zero attached hydrogens (tertiary/aromatic N) is 2. The molecule has 0 aliphatic rings. The van der Waals surface area contributed by atoms with Crippen molar-refractivity contribution in [2.75, 3.05) is 26.1 Å². The molecule has 0 spiro atoms. The number of hydrogen-bond donors (Lipinski definition) is 1. The van der Waals surface area contributed by atoms with Crippen molar-refractivity contribution in [3.63, 3.8) is 0 Å². The Morgan fingerprint density at radius 2 is 2.38 bits per heavy atom. The van der Waals surface area contributed by atoms with E-state index >= 15 is 0 Å². The molecule has 0 aliphatic heterocycles. The lowest BCUT2D eigenvalue weighted by Crippen LogP contribution is -2.15. The maximum absolute atomic E-state index is 11.3. The van der Waals surface area contributed by atoms with Crippen molar-refractivity contribution in [2.45, 2.75) is 19.9 Å². The van der Waals surface area contributed by atoms with E-state index in [4.69, 9.17) is 10.5 Å². The number of ether oxygens (including phenoxy) is 2. The zero-order valence-electron chi connectivity index (χ0n) is 9.77. The first-order valence-corrected chi connectivity index (χ1v) is 5.10. The molecule has 1 aromatic heterocycles. The van der Waals surface area contributed by atoms with Crippen LogP contribution in [0.1, 0.15) is 30.4 Å². The first kappa shape index (κ1) is 12.5. The number of aromatic nitrogens is 2. The van der Waals surface area contributed by atoms with Crippen LogP contribution in [0, 0.1) is 0 Å². The SMILES string of the molecule is CCOCC(C)n1cnc(C(=O)OC)c1N. The molecular formula is C10H17N3O3. The third-order valence-electron chi connectivity index (χ3n) is 2.25. The highest BCUT2D eigenvalue weighted by Gasteiger charge is 2.18. The van der Waals surface area contributed by atoms with Crippen LogP contribution in [-0.2, 0) is 9.47 Å². The predicted octanol–water partition coefficient (Wildman–Crippen LogP) is 0.849. The van der Waals surface area contributed by atoms with Crippen LogP contribution >= 0.6 is 0 Å². The fourth-order valence-electron chi connectivity index (χ4n) is 1.34. The molecule has 6 nitrogen and oxygen atoms in total. The van der Waals surface area contributed by atoms with Crippen LogP contribution in [0.4, 0.5) is 5.82 Å². The largest absolute Gasteiger partial charge is 0.464 e. The number of nitrogens with two attached hydrogens (primary N) is 1. The maximum atomic E-state index is 11.3. The summed E-state index contributed by atoms with van der Waals surface area (Å²) in [6, 6.07) is 0.0332. The van der Waals surface area contributed by atoms with Crippen molar-refractivity contribution in [3.8, 4) is 0 Å². The molecule has 0 aliphatic carbocycles. The van der Waals surface area contributed by atoms with Crippen LogP contribution in [0.3, 0.4) is 0 Å². The van der Waals surface area contributed by atoms with Gasteiger partial charge in [0.25, 0.3) is 0 Å². The standard InChI is InChI=1S/C10H17N3O3/c1-4-16-5-7(2)13-6-12-8(9(13)11)10(14)15-3/h6-7H,4-5,11H2,1-3H3. The van der Waals surface area contributed by atoms with Crippen LogP contribution in [0.15, 0.2) is 6.33 Å². The summed E-state index contributed by atoms with van der Waals surface area (Å²) in [5, 5.41) is 0. The van der Waals surface area contributed by atoms with Gasteiger partial charge in [0.2, 0.25) is 0 Å². The molecule has 0 bridgehead atoms. The molecule has 6 heteroatoms. The van der Waals surface area contributed by atoms with E-state index in [0.29, 0.717) is 19.0 Å². The Hall–Kier alpha value is -1.56. The van der Waals surface area contributed by atoms with Crippen LogP contribution in [0.5, 0.6) is 0 Å². The smallest absolute Gasteiger partial charge is 0.360 e. The van der Waals surface area contributed by atoms with E-state index in [0.717, 1.165) is 0 Å². The summed E-state index contributed by atoms with van der Waals surface area (Å²) in [5.74, 6) is -0.223. The highest BCUT2D eigenvalue weighted by atomic mass is 16.5. The molecule has 0 aromatic carbocycles. The summed E-state index contributed by atoms with van der Waals surface area (Å²) in [5.41, 5.74) is 5.94. The number of hydrogen-bond acceptors (Lipinski definition) is 5. The summed E-state index contributed by atoms with van der Waals surface area (Å²) in [6.07, 6.45) is 1.52. The molecule has 16 heavy (non-hydrogen) atoms. The average Bonchev–Trinajstić information content (AvgIpc) is 2.67. The number of methoxy groups -OCH3 is 1. The van der Waals surface area contributed by atoms with Gasteiger partial charge in [0.15, 0.2) is 5.69 Å². The summed E-state index contributed by atoms with van der Waals surface area (Å²) < 4.78 is 11.5. The minimum Gasteiger partial charge on any atom is -0.464 e. The van der Waals surface area contributed by atoms with E-state index < -0.39 is 5.97 Å². The second-order valence-electron chi connectivity index (χ2n) is 3.39. The van der Waals surface area contributed by atoms with Crippen molar-refractivity contribution in [2.24, 2.45) is 0 Å². The molecule has 90 valence electrons. The van der Waals surface area contributed by atoms with E-state index in [9.17, 15) is 4.79 Å². The normalized spacial score (nSPS) is 12.4. The molecule has 0 radical (unpaired) electrons. The van der Waals surface area contributed by atoms with Crippen LogP contribution in [0.2, 0.25) is 0 Å². The van der Waals surface area contributed by atoms with E-state index in [1.54, 1.807) is 4.57 Å². The van der Waals surface area contributed by atoms with E-state index in [-0.39, 0.29) is 11.7 Å². The Labute approximate surface area is 94.4 Å². The third-order valence-corrected chi connectivity index (χ3v) is 2.25. The van der Waals surface area contributed by atoms with Gasteiger partial charge in [-0.15, -0.1) is 0 Å². The first-order valence-electron chi connectivity index (χ1n) is 5.10. The predicted molar refractivity (Wildman–Crippen MR) is 59.2 cm³/mol. The monoisotopic (exact) mass is 227 g/mol. The summed E-state index contributed by atoms with van der Waals surface area (Å²) in [4.78, 5) is 15.2. The zero-order valence-corrected chi connectivity index (χ0v) is 9.77. The van der Waals surface area contributed by atoms with Crippen molar-refractivity contribution in [1.29, 1.82) is 0 Å². The lowest BCUT2D eigenvalue weighted by Gasteiger charge is -2.14. The molecule has 0 amide bonds. The van der Waals surface area contributed by atoms with E-state index in [2.05, 4.69) is 9.72 Å². The van der Waals surface area contributed by atoms with Crippen molar-refractivity contribution < 1.29 is 14.3 Å². The fourth-order valence-corrected chi connectivity index (χ4v) is 1.34. The van der Waals surface area contributed by atoms with Crippen LogP contribution in [-0.4, -0.2) is 35.8 Å². The van der Waals surface area contributed by atoms with Gasteiger partial charge in [-0.1, -0.05) is 0 Å². The minimum atomic E-state index is -0.528. The number of nitrogen functional groups attached to an aromatic ring is 1. The second kappa shape index (κ2) is 5.50. The Kier molecular flexibility index (Phi) is 4.30. The Balaban J connectivity index is 2.82. The molecular weight excluding hydrogens is 210 g/mol. The van der Waals surface area contributed by atoms with Gasteiger partial charge in [-0.25, -0.2) is 9.78 Å². The second-order valence-corrected chi connectivity index (χ2v) is 3.39. The van der Waals surface area contributed by atoms with E-state index in [1.165, 1.54) is 13.4 Å². The molecule has 0 saturated carbocycles. The third kappa shape index (κ3) is 2.52. The zero-order chi connectivity index (χ0) is 12.1. The van der Waals surface area contributed by atoms with Gasteiger partial charge in [-0.05, 0) is 13.8 Å². The summed E-state index contributed by atoms with van der Waals surface area (Å²) in [7, 11) is 1.30. The number of carbonyl (C=O) groups is 1. The molecule has 1 heterocycles. The number of carbonyl (C=O) groups excluding carboxylic acids is 1. The summed E-state index contributed by atoms with van der Waals surface area (Å²) >= 11 is 0. The quantitative estimate of drug-likeness (QED) is 0.754. The lowest BCUT2D eigenvalue weighted by atomic mass is 10.3. The molecule has 1 rings (SSSR count). The molecule has 1 aromatic rings. The first-order chi connectivity index (χ1) is 7.61. The minimum absolute atomic E-state index is 0.0332. The van der Waals surface area contributed by atoms with Crippen LogP contribution < -0.4 is 5.73 Å². The van der Waals surface area contributed by atoms with Crippen molar-refractivity contribution in [3.05, 3.63) is 12.0 Å². The summed E-state index contributed by atoms with van der Waals surface area (Å²) in [6.45, 7) is 5.03. The number of imidazole rings is 1. The Bertz CT molecular complexity index is 362. The van der Waals surface area contributed by atoms with Crippen LogP contribution in [0.25, 0.3) is 0 Å². The average molecular weight is 227 g/mol. The highest BCUT2D eigenvalue weighted by molar-refractivity contribution is 5.92. The maximum Gasteiger partial charge on any atom is 0.360 e. The fraction of sp³-hybridized carbons (Fsp3) is 0.600. The van der Waals surface area contributed by atoms with Gasteiger partial charge in [0.1, 0.15) is 5.82 Å². The molecule has 1 atom stereocenters. The molecule has 2 N–H and O–H groups in total. The van der Waals surface area contributed by atoms with Gasteiger partial charge in [0, 0.05) is 6.61 Å². The number of rotatable bonds is 5. The molecule has 0 saturated heterocycles. The van der Waals surface area contributed by atoms with Gasteiger partial charge in [0.05, 0.1) is 26.1 Å². The highest BCUT2D eigenvalue weighted by Crippen LogP contribution is 2.17. The van der Waals surface area contributed by atoms with Crippen molar-refractivity contribution >= 4 is 11.8 Å². The van der Waals surface area contributed by atoms with Gasteiger partial charge >= 0.3 is 5.97 Å². The topological polar surface area (TPSA) is 79.4 Å². The van der Waals surface area contributed by atoms with Gasteiger partial charge < -0.3 is 19.8 Å². The van der Waals surface area contributed by atoms with Crippen molar-refractivity contribution in [1.82, 2.24) is 9.55 Å². The van der Waals surface area contributed by atoms with Gasteiger partial charge in [-0.3, -0.25) is 0 Å².